The van der Waals surface area contributed by atoms with Gasteiger partial charge >= 0.3 is 0 Å². The zero-order chi connectivity index (χ0) is 9.11. The largest absolute Gasteiger partial charge is 0.400 e. The van der Waals surface area contributed by atoms with Gasteiger partial charge in [0.25, 0.3) is 0 Å². The van der Waals surface area contributed by atoms with Crippen LogP contribution in [-0.4, -0.2) is 23.9 Å². The molecule has 0 saturated carbocycles. The lowest BCUT2D eigenvalue weighted by Gasteiger charge is -2.08. The first kappa shape index (κ1) is 13.5. The highest BCUT2D eigenvalue weighted by Gasteiger charge is 2.01. The van der Waals surface area contributed by atoms with Crippen LogP contribution in [0.2, 0.25) is 0 Å². The summed E-state index contributed by atoms with van der Waals surface area (Å²) in [4.78, 5) is 0. The van der Waals surface area contributed by atoms with E-state index in [1.54, 1.807) is 0 Å². The molecule has 0 aliphatic carbocycles. The van der Waals surface area contributed by atoms with Gasteiger partial charge in [0.15, 0.2) is 0 Å². The predicted molar refractivity (Wildman–Crippen MR) is 48.5 cm³/mol. The minimum atomic E-state index is 0.372. The molecule has 0 bridgehead atoms. The number of hydrogen-bond donors (Lipinski definition) is 2. The summed E-state index contributed by atoms with van der Waals surface area (Å²) < 4.78 is 0. The smallest absolute Gasteiger partial charge is 0.0459 e. The molecule has 0 amide bonds. The summed E-state index contributed by atoms with van der Waals surface area (Å²) >= 11 is 0. The number of unbranched alkanes of at least 4 members (excludes halogenated alkanes) is 1. The molecule has 1 unspecified atom stereocenters. The fourth-order valence-corrected chi connectivity index (χ4v) is 0.917. The minimum Gasteiger partial charge on any atom is -0.400 e. The third-order valence-corrected chi connectivity index (χ3v) is 1.80. The van der Waals surface area contributed by atoms with E-state index in [0.29, 0.717) is 12.5 Å². The first-order valence-electron chi connectivity index (χ1n) is 4.40. The quantitative estimate of drug-likeness (QED) is 0.647. The van der Waals surface area contributed by atoms with Crippen LogP contribution >= 0.6 is 0 Å². The van der Waals surface area contributed by atoms with Gasteiger partial charge in [0.1, 0.15) is 0 Å². The fraction of sp³-hybridized carbons (Fsp3) is 1.00. The van der Waals surface area contributed by atoms with Crippen molar-refractivity contribution >= 4 is 0 Å². The van der Waals surface area contributed by atoms with Crippen molar-refractivity contribution in [3.8, 4) is 0 Å². The average molecular weight is 162 g/mol. The first-order chi connectivity index (χ1) is 5.35. The number of rotatable bonds is 5. The van der Waals surface area contributed by atoms with E-state index in [-0.39, 0.29) is 0 Å². The molecule has 2 nitrogen and oxygen atoms in total. The summed E-state index contributed by atoms with van der Waals surface area (Å²) in [5, 5.41) is 15.8. The van der Waals surface area contributed by atoms with Crippen LogP contribution < -0.4 is 0 Å². The lowest BCUT2D eigenvalue weighted by molar-refractivity contribution is 0.212. The third-order valence-electron chi connectivity index (χ3n) is 1.80. The maximum atomic E-state index is 8.75. The molecule has 2 N–H and O–H groups in total. The van der Waals surface area contributed by atoms with E-state index >= 15 is 0 Å². The lowest BCUT2D eigenvalue weighted by atomic mass is 10.0. The van der Waals surface area contributed by atoms with Gasteiger partial charge in [-0.15, -0.1) is 0 Å². The van der Waals surface area contributed by atoms with Crippen LogP contribution in [0, 0.1) is 5.92 Å². The molecule has 0 aliphatic rings. The Labute approximate surface area is 70.3 Å². The molecule has 0 radical (unpaired) electrons. The maximum Gasteiger partial charge on any atom is 0.0459 e. The van der Waals surface area contributed by atoms with Gasteiger partial charge in [0.05, 0.1) is 0 Å². The topological polar surface area (TPSA) is 40.5 Å². The Kier molecular flexibility index (Phi) is 15.4. The second kappa shape index (κ2) is 12.6. The highest BCUT2D eigenvalue weighted by atomic mass is 16.3. The molecule has 1 atom stereocenters. The highest BCUT2D eigenvalue weighted by molar-refractivity contribution is 4.53. The van der Waals surface area contributed by atoms with E-state index in [4.69, 9.17) is 10.2 Å². The van der Waals surface area contributed by atoms with Crippen LogP contribution in [0.15, 0.2) is 0 Å². The van der Waals surface area contributed by atoms with Gasteiger partial charge in [-0.3, -0.25) is 0 Å². The Bertz CT molecular complexity index is 51.5. The van der Waals surface area contributed by atoms with Crippen LogP contribution in [0.1, 0.15) is 39.5 Å². The summed E-state index contributed by atoms with van der Waals surface area (Å²) in [7, 11) is 1.00. The molecule has 0 aliphatic heterocycles. The average Bonchev–Trinajstić information content (AvgIpc) is 2.10. The van der Waals surface area contributed by atoms with Crippen LogP contribution in [0.5, 0.6) is 0 Å². The zero-order valence-electron chi connectivity index (χ0n) is 8.01. The van der Waals surface area contributed by atoms with E-state index in [0.717, 1.165) is 13.5 Å². The molecule has 0 heterocycles. The van der Waals surface area contributed by atoms with Crippen molar-refractivity contribution in [3.05, 3.63) is 0 Å². The van der Waals surface area contributed by atoms with Gasteiger partial charge in [-0.2, -0.15) is 0 Å². The minimum absolute atomic E-state index is 0.372. The van der Waals surface area contributed by atoms with Gasteiger partial charge in [-0.05, 0) is 12.3 Å². The third kappa shape index (κ3) is 9.92. The van der Waals surface area contributed by atoms with Crippen molar-refractivity contribution in [2.75, 3.05) is 13.7 Å². The van der Waals surface area contributed by atoms with Gasteiger partial charge in [-0.25, -0.2) is 0 Å². The highest BCUT2D eigenvalue weighted by Crippen LogP contribution is 2.10. The second-order valence-corrected chi connectivity index (χ2v) is 2.60. The summed E-state index contributed by atoms with van der Waals surface area (Å²) in [5.74, 6) is 0.560. The van der Waals surface area contributed by atoms with Crippen molar-refractivity contribution in [3.63, 3.8) is 0 Å². The molecule has 2 heteroatoms. The molecule has 0 spiro atoms. The van der Waals surface area contributed by atoms with Crippen molar-refractivity contribution in [1.82, 2.24) is 0 Å². The molecule has 0 rings (SSSR count). The van der Waals surface area contributed by atoms with E-state index in [2.05, 4.69) is 13.8 Å². The van der Waals surface area contributed by atoms with Gasteiger partial charge in [0.2, 0.25) is 0 Å². The van der Waals surface area contributed by atoms with Crippen molar-refractivity contribution in [1.29, 1.82) is 0 Å². The van der Waals surface area contributed by atoms with Gasteiger partial charge in [0, 0.05) is 13.7 Å². The Morgan fingerprint density at radius 3 is 2.00 bits per heavy atom. The Hall–Kier alpha value is -0.0800. The number of aliphatic hydroxyl groups is 2. The zero-order valence-corrected chi connectivity index (χ0v) is 8.01. The van der Waals surface area contributed by atoms with E-state index in [9.17, 15) is 0 Å². The van der Waals surface area contributed by atoms with Crippen LogP contribution in [0.3, 0.4) is 0 Å². The van der Waals surface area contributed by atoms with E-state index in [1.807, 2.05) is 0 Å². The molecule has 0 saturated heterocycles. The molecular weight excluding hydrogens is 140 g/mol. The second-order valence-electron chi connectivity index (χ2n) is 2.60. The maximum absolute atomic E-state index is 8.75. The van der Waals surface area contributed by atoms with Crippen molar-refractivity contribution < 1.29 is 10.2 Å². The molecule has 0 aromatic heterocycles. The Morgan fingerprint density at radius 1 is 1.18 bits per heavy atom. The standard InChI is InChI=1S/C8H18O.CH4O/c1-3-5-6-8(4-2)7-9;1-2/h8-9H,3-7H2,1-2H3;2H,1H3. The Balaban J connectivity index is 0. The SMILES string of the molecule is CCCCC(CC)CO.CO. The van der Waals surface area contributed by atoms with Gasteiger partial charge in [-0.1, -0.05) is 33.1 Å². The van der Waals surface area contributed by atoms with Crippen LogP contribution in [0.25, 0.3) is 0 Å². The van der Waals surface area contributed by atoms with E-state index < -0.39 is 0 Å². The monoisotopic (exact) mass is 162 g/mol. The summed E-state index contributed by atoms with van der Waals surface area (Å²) in [6, 6.07) is 0. The van der Waals surface area contributed by atoms with Crippen LogP contribution in [0.4, 0.5) is 0 Å². The fourth-order valence-electron chi connectivity index (χ4n) is 0.917. The molecule has 11 heavy (non-hydrogen) atoms. The Morgan fingerprint density at radius 2 is 1.73 bits per heavy atom. The number of hydrogen-bond acceptors (Lipinski definition) is 2. The molecule has 70 valence electrons. The van der Waals surface area contributed by atoms with E-state index in [1.165, 1.54) is 19.3 Å². The number of aliphatic hydroxyl groups excluding tert-OH is 2. The van der Waals surface area contributed by atoms with Crippen molar-refractivity contribution in [2.24, 2.45) is 5.92 Å². The normalized spacial score (nSPS) is 11.7. The molecular formula is C9H22O2. The van der Waals surface area contributed by atoms with Crippen molar-refractivity contribution in [2.45, 2.75) is 39.5 Å². The van der Waals surface area contributed by atoms with Crippen LogP contribution in [-0.2, 0) is 0 Å². The predicted octanol–water partition coefficient (Wildman–Crippen LogP) is 1.80. The summed E-state index contributed by atoms with van der Waals surface area (Å²) in [6.45, 7) is 4.69. The van der Waals surface area contributed by atoms with Gasteiger partial charge < -0.3 is 10.2 Å². The summed E-state index contributed by atoms with van der Waals surface area (Å²) in [5.41, 5.74) is 0. The molecule has 0 aromatic carbocycles. The molecule has 0 aromatic rings. The first-order valence-corrected chi connectivity index (χ1v) is 4.40. The summed E-state index contributed by atoms with van der Waals surface area (Å²) in [6.07, 6.45) is 4.83. The molecule has 0 fully saturated rings. The lowest BCUT2D eigenvalue weighted by Crippen LogP contribution is -2.03.